The van der Waals surface area contributed by atoms with Crippen LogP contribution in [0.3, 0.4) is 0 Å². The quantitative estimate of drug-likeness (QED) is 0.426. The van der Waals surface area contributed by atoms with Gasteiger partial charge in [0, 0.05) is 35.8 Å². The minimum absolute atomic E-state index is 0.299. The van der Waals surface area contributed by atoms with Crippen LogP contribution in [0.5, 0.6) is 0 Å². The van der Waals surface area contributed by atoms with Gasteiger partial charge in [-0.15, -0.1) is 11.6 Å². The summed E-state index contributed by atoms with van der Waals surface area (Å²) in [5.41, 5.74) is 6.36. The highest BCUT2D eigenvalue weighted by atomic mass is 35.5. The van der Waals surface area contributed by atoms with Crippen molar-refractivity contribution in [3.05, 3.63) is 59.0 Å². The molecule has 4 heterocycles. The van der Waals surface area contributed by atoms with Crippen molar-refractivity contribution in [3.63, 3.8) is 0 Å². The maximum atomic E-state index is 6.25. The smallest absolute Gasteiger partial charge is 0.247 e. The van der Waals surface area contributed by atoms with E-state index in [0.29, 0.717) is 34.6 Å². The maximum absolute atomic E-state index is 6.25. The van der Waals surface area contributed by atoms with E-state index >= 15 is 0 Å². The van der Waals surface area contributed by atoms with Gasteiger partial charge in [-0.3, -0.25) is 4.68 Å². The van der Waals surface area contributed by atoms with Crippen molar-refractivity contribution in [3.8, 4) is 28.5 Å². The van der Waals surface area contributed by atoms with Crippen LogP contribution in [0.25, 0.3) is 28.5 Å². The molecule has 0 N–H and O–H groups in total. The van der Waals surface area contributed by atoms with Crippen LogP contribution in [0.2, 0.25) is 5.02 Å². The summed E-state index contributed by atoms with van der Waals surface area (Å²) in [6.07, 6.45) is 6.03. The van der Waals surface area contributed by atoms with E-state index < -0.39 is 0 Å². The van der Waals surface area contributed by atoms with Gasteiger partial charge < -0.3 is 8.98 Å². The van der Waals surface area contributed by atoms with Crippen LogP contribution in [-0.2, 0) is 19.3 Å². The predicted octanol–water partition coefficient (Wildman–Crippen LogP) is 4.22. The average molecular weight is 386 g/mol. The highest BCUT2D eigenvalue weighted by Gasteiger charge is 2.26. The second-order valence-electron chi connectivity index (χ2n) is 6.20. The molecule has 0 amide bonds. The van der Waals surface area contributed by atoms with Crippen molar-refractivity contribution in [2.45, 2.75) is 12.3 Å². The Hall–Kier alpha value is -2.57. The Kier molecular flexibility index (Phi) is 3.45. The minimum Gasteiger partial charge on any atom is -0.443 e. The molecule has 4 aromatic rings. The van der Waals surface area contributed by atoms with Crippen LogP contribution < -0.4 is 0 Å². The standard InChI is InChI=1S/C18H13Cl2N5O/c1-24-7-10-4-15-17(18-22-12(6-19)8-26-18)21-9-25(15)14-3-2-11(20)5-13(14)16(10)23-24/h2-3,5,7-9H,4,6H2,1H3. The van der Waals surface area contributed by atoms with Crippen molar-refractivity contribution in [2.75, 3.05) is 0 Å². The number of benzene rings is 1. The van der Waals surface area contributed by atoms with Crippen LogP contribution in [0.4, 0.5) is 0 Å². The Labute approximate surface area is 159 Å². The normalized spacial score (nSPS) is 12.4. The molecule has 8 heteroatoms. The summed E-state index contributed by atoms with van der Waals surface area (Å²) in [6.45, 7) is 0. The fraction of sp³-hybridized carbons (Fsp3) is 0.167. The molecule has 0 bridgehead atoms. The van der Waals surface area contributed by atoms with Crippen LogP contribution >= 0.6 is 23.2 Å². The lowest BCUT2D eigenvalue weighted by atomic mass is 10.0. The summed E-state index contributed by atoms with van der Waals surface area (Å²) in [5, 5.41) is 5.31. The first kappa shape index (κ1) is 15.7. The molecular weight excluding hydrogens is 373 g/mol. The number of imidazole rings is 1. The van der Waals surface area contributed by atoms with E-state index in [2.05, 4.69) is 15.1 Å². The molecule has 1 aliphatic rings. The van der Waals surface area contributed by atoms with Gasteiger partial charge in [0.15, 0.2) is 0 Å². The first-order valence-corrected chi connectivity index (χ1v) is 8.95. The minimum atomic E-state index is 0.299. The predicted molar refractivity (Wildman–Crippen MR) is 98.6 cm³/mol. The molecule has 6 nitrogen and oxygen atoms in total. The summed E-state index contributed by atoms with van der Waals surface area (Å²) in [6, 6.07) is 5.79. The summed E-state index contributed by atoms with van der Waals surface area (Å²) >= 11 is 12.1. The molecule has 1 aromatic carbocycles. The van der Waals surface area contributed by atoms with Gasteiger partial charge in [0.25, 0.3) is 0 Å². The number of aryl methyl sites for hydroxylation is 1. The van der Waals surface area contributed by atoms with Gasteiger partial charge in [0.2, 0.25) is 5.89 Å². The molecular formula is C18H13Cl2N5O. The Bertz CT molecular complexity index is 1140. The van der Waals surface area contributed by atoms with Gasteiger partial charge in [-0.1, -0.05) is 11.6 Å². The van der Waals surface area contributed by atoms with Gasteiger partial charge in [0.05, 0.1) is 28.6 Å². The van der Waals surface area contributed by atoms with Crippen LogP contribution in [0, 0.1) is 0 Å². The molecule has 0 saturated heterocycles. The monoisotopic (exact) mass is 385 g/mol. The molecule has 0 aliphatic carbocycles. The first-order chi connectivity index (χ1) is 12.6. The third kappa shape index (κ3) is 2.29. The van der Waals surface area contributed by atoms with Crippen molar-refractivity contribution < 1.29 is 4.42 Å². The largest absolute Gasteiger partial charge is 0.443 e. The van der Waals surface area contributed by atoms with E-state index in [1.54, 1.807) is 12.6 Å². The fourth-order valence-electron chi connectivity index (χ4n) is 3.39. The number of fused-ring (bicyclic) bond motifs is 5. The molecule has 0 unspecified atom stereocenters. The summed E-state index contributed by atoms with van der Waals surface area (Å²) in [5.74, 6) is 0.769. The Morgan fingerprint density at radius 2 is 2.15 bits per heavy atom. The number of alkyl halides is 1. The highest BCUT2D eigenvalue weighted by Crippen LogP contribution is 2.38. The number of hydrogen-bond acceptors (Lipinski definition) is 4. The lowest BCUT2D eigenvalue weighted by Gasteiger charge is -2.09. The number of halogens is 2. The van der Waals surface area contributed by atoms with Gasteiger partial charge in [-0.25, -0.2) is 9.97 Å². The van der Waals surface area contributed by atoms with Gasteiger partial charge in [0.1, 0.15) is 18.3 Å². The van der Waals surface area contributed by atoms with E-state index in [1.807, 2.05) is 40.7 Å². The fourth-order valence-corrected chi connectivity index (χ4v) is 3.68. The molecule has 1 aliphatic heterocycles. The van der Waals surface area contributed by atoms with Gasteiger partial charge in [-0.05, 0) is 18.2 Å². The zero-order valence-electron chi connectivity index (χ0n) is 13.8. The average Bonchev–Trinajstić information content (AvgIpc) is 3.32. The number of oxazole rings is 1. The summed E-state index contributed by atoms with van der Waals surface area (Å²) in [4.78, 5) is 8.99. The van der Waals surface area contributed by atoms with E-state index in [4.69, 9.17) is 27.6 Å². The van der Waals surface area contributed by atoms with Crippen molar-refractivity contribution >= 4 is 23.2 Å². The van der Waals surface area contributed by atoms with E-state index in [-0.39, 0.29) is 0 Å². The van der Waals surface area contributed by atoms with E-state index in [1.165, 1.54) is 0 Å². The molecule has 3 aromatic heterocycles. The Morgan fingerprint density at radius 1 is 1.27 bits per heavy atom. The molecule has 130 valence electrons. The van der Waals surface area contributed by atoms with Crippen LogP contribution in [0.15, 0.2) is 41.4 Å². The number of nitrogens with zero attached hydrogens (tertiary/aromatic N) is 5. The Morgan fingerprint density at radius 3 is 2.96 bits per heavy atom. The highest BCUT2D eigenvalue weighted by molar-refractivity contribution is 6.31. The van der Waals surface area contributed by atoms with Crippen LogP contribution in [-0.4, -0.2) is 24.3 Å². The first-order valence-electron chi connectivity index (χ1n) is 8.04. The molecule has 0 fully saturated rings. The molecule has 0 spiro atoms. The molecule has 26 heavy (non-hydrogen) atoms. The molecule has 0 atom stereocenters. The van der Waals surface area contributed by atoms with Crippen LogP contribution in [0.1, 0.15) is 17.0 Å². The third-order valence-electron chi connectivity index (χ3n) is 4.49. The van der Waals surface area contributed by atoms with Gasteiger partial charge in [-0.2, -0.15) is 5.10 Å². The van der Waals surface area contributed by atoms with Gasteiger partial charge >= 0.3 is 0 Å². The van der Waals surface area contributed by atoms with E-state index in [9.17, 15) is 0 Å². The van der Waals surface area contributed by atoms with Crippen molar-refractivity contribution in [2.24, 2.45) is 7.05 Å². The topological polar surface area (TPSA) is 61.7 Å². The third-order valence-corrected chi connectivity index (χ3v) is 5.00. The second kappa shape index (κ2) is 5.72. The lowest BCUT2D eigenvalue weighted by molar-refractivity contribution is 0.570. The summed E-state index contributed by atoms with van der Waals surface area (Å²) < 4.78 is 9.46. The zero-order valence-corrected chi connectivity index (χ0v) is 15.3. The van der Waals surface area contributed by atoms with Crippen molar-refractivity contribution in [1.82, 2.24) is 24.3 Å². The Balaban J connectivity index is 1.78. The maximum Gasteiger partial charge on any atom is 0.247 e. The molecule has 0 saturated carbocycles. The number of rotatable bonds is 2. The zero-order chi connectivity index (χ0) is 17.8. The second-order valence-corrected chi connectivity index (χ2v) is 6.91. The number of hydrogen-bond donors (Lipinski definition) is 0. The van der Waals surface area contributed by atoms with E-state index in [0.717, 1.165) is 28.2 Å². The summed E-state index contributed by atoms with van der Waals surface area (Å²) in [7, 11) is 1.91. The van der Waals surface area contributed by atoms with Crippen molar-refractivity contribution in [1.29, 1.82) is 0 Å². The SMILES string of the molecule is Cn1cc2c(n1)-c1cc(Cl)ccc1-n1cnc(-c3nc(CCl)co3)c1C2. The molecule has 0 radical (unpaired) electrons. The number of aromatic nitrogens is 5. The lowest BCUT2D eigenvalue weighted by Crippen LogP contribution is -2.00. The molecule has 5 rings (SSSR count).